The second kappa shape index (κ2) is 15.4. The zero-order chi connectivity index (χ0) is 34.7. The van der Waals surface area contributed by atoms with Crippen LogP contribution in [0.4, 0.5) is 0 Å². The lowest BCUT2D eigenvalue weighted by atomic mass is 10.1. The Morgan fingerprint density at radius 3 is 2.24 bits per heavy atom. The Morgan fingerprint density at radius 1 is 0.800 bits per heavy atom. The highest BCUT2D eigenvalue weighted by Gasteiger charge is 2.23. The summed E-state index contributed by atoms with van der Waals surface area (Å²) in [5.74, 6) is -0.452. The smallest absolute Gasteiger partial charge is 0.260 e. The second-order valence-corrected chi connectivity index (χ2v) is 11.7. The van der Waals surface area contributed by atoms with Gasteiger partial charge in [-0.2, -0.15) is 0 Å². The lowest BCUT2D eigenvalue weighted by Crippen LogP contribution is -2.49. The largest absolute Gasteiger partial charge is 0.508 e. The van der Waals surface area contributed by atoms with E-state index < -0.39 is 22.7 Å². The van der Waals surface area contributed by atoms with Crippen molar-refractivity contribution in [3.8, 4) is 57.3 Å². The standard InChI is InChI=1S/C20H21ClN2O4.C15H10O7.ClH/c21-16-2-4-17(5-3-16)25-13-20(24)23-9-7-22(8-10-23)12-15-1-6-18-19(11-15)27-14-26-18;16-7-4-10(19)12-11(5-7)22-15(14(21)13(12)20)6-1-2-8(17)9(18)3-6;/h1-6,11H,7-10,12-14H2;1-5,16-19,21H;1H. The summed E-state index contributed by atoms with van der Waals surface area (Å²) < 4.78 is 21.7. The molecule has 0 radical (unpaired) electrons. The SMILES string of the molecule is Cl.O=C(COc1ccc(Cl)cc1)N1CCN(Cc2ccc3c(c2)OCO3)CC1.O=c1c(O)c(-c2ccc(O)c(O)c2)oc2cc(O)cc(O)c12. The van der Waals surface area contributed by atoms with Crippen molar-refractivity contribution < 1.29 is 49.0 Å². The Bertz CT molecular complexity index is 2060. The number of carbonyl (C=O) groups excluding carboxylic acids is 1. The fourth-order valence-corrected chi connectivity index (χ4v) is 5.48. The average Bonchev–Trinajstić information content (AvgIpc) is 3.56. The maximum atomic E-state index is 12.4. The number of amides is 1. The minimum Gasteiger partial charge on any atom is -0.508 e. The van der Waals surface area contributed by atoms with E-state index in [1.165, 1.54) is 11.6 Å². The van der Waals surface area contributed by atoms with Gasteiger partial charge >= 0.3 is 0 Å². The summed E-state index contributed by atoms with van der Waals surface area (Å²) in [5, 5.41) is 48.3. The van der Waals surface area contributed by atoms with Crippen LogP contribution in [0.2, 0.25) is 5.02 Å². The van der Waals surface area contributed by atoms with Gasteiger partial charge in [0.15, 0.2) is 35.4 Å². The fourth-order valence-electron chi connectivity index (χ4n) is 5.36. The first-order valence-electron chi connectivity index (χ1n) is 15.1. The van der Waals surface area contributed by atoms with Crippen molar-refractivity contribution in [3.05, 3.63) is 93.6 Å². The molecule has 5 aromatic rings. The Labute approximate surface area is 296 Å². The third-order valence-electron chi connectivity index (χ3n) is 7.92. The summed E-state index contributed by atoms with van der Waals surface area (Å²) in [5.41, 5.74) is 0.295. The molecule has 1 saturated heterocycles. The van der Waals surface area contributed by atoms with Gasteiger partial charge in [0.2, 0.25) is 18.0 Å². The number of nitrogens with zero attached hydrogens (tertiary/aromatic N) is 2. The number of hydrogen-bond acceptors (Lipinski definition) is 12. The van der Waals surface area contributed by atoms with Gasteiger partial charge in [0.1, 0.15) is 28.2 Å². The van der Waals surface area contributed by atoms with Crippen molar-refractivity contribution in [2.45, 2.75) is 6.54 Å². The van der Waals surface area contributed by atoms with E-state index in [1.54, 1.807) is 24.3 Å². The van der Waals surface area contributed by atoms with Crippen LogP contribution in [0.3, 0.4) is 0 Å². The Balaban J connectivity index is 0.000000195. The molecule has 2 aliphatic heterocycles. The molecule has 0 unspecified atom stereocenters. The van der Waals surface area contributed by atoms with E-state index in [4.69, 9.17) is 30.2 Å². The molecule has 262 valence electrons. The summed E-state index contributed by atoms with van der Waals surface area (Å²) in [6, 6.07) is 18.7. The Hall–Kier alpha value is -5.50. The van der Waals surface area contributed by atoms with Gasteiger partial charge in [-0.25, -0.2) is 0 Å². The van der Waals surface area contributed by atoms with E-state index in [0.717, 1.165) is 55.4 Å². The van der Waals surface area contributed by atoms with Crippen LogP contribution in [0, 0.1) is 0 Å². The van der Waals surface area contributed by atoms with Gasteiger partial charge in [-0.05, 0) is 60.2 Å². The minimum absolute atomic E-state index is 0. The Morgan fingerprint density at radius 2 is 1.52 bits per heavy atom. The number of benzene rings is 4. The molecule has 0 atom stereocenters. The lowest BCUT2D eigenvalue weighted by Gasteiger charge is -2.34. The van der Waals surface area contributed by atoms with Crippen LogP contribution in [0.25, 0.3) is 22.3 Å². The number of hydrogen-bond donors (Lipinski definition) is 5. The molecule has 0 spiro atoms. The molecule has 0 saturated carbocycles. The number of piperazine rings is 1. The van der Waals surface area contributed by atoms with E-state index in [0.29, 0.717) is 23.9 Å². The number of phenols is 4. The highest BCUT2D eigenvalue weighted by Crippen LogP contribution is 2.38. The van der Waals surface area contributed by atoms with Gasteiger partial charge in [-0.1, -0.05) is 17.7 Å². The Kier molecular flexibility index (Phi) is 11.0. The molecule has 1 amide bonds. The molecule has 13 nitrogen and oxygen atoms in total. The van der Waals surface area contributed by atoms with Crippen LogP contribution >= 0.6 is 24.0 Å². The number of phenolic OH excluding ortho intramolecular Hbond substituents is 4. The first kappa shape index (κ1) is 35.8. The van der Waals surface area contributed by atoms with Gasteiger partial charge in [0, 0.05) is 55.4 Å². The maximum absolute atomic E-state index is 12.4. The van der Waals surface area contributed by atoms with E-state index >= 15 is 0 Å². The second-order valence-electron chi connectivity index (χ2n) is 11.2. The summed E-state index contributed by atoms with van der Waals surface area (Å²) in [6.45, 7) is 4.24. The van der Waals surface area contributed by atoms with E-state index in [2.05, 4.69) is 11.0 Å². The summed E-state index contributed by atoms with van der Waals surface area (Å²) >= 11 is 5.85. The molecule has 2 aliphatic rings. The van der Waals surface area contributed by atoms with Crippen molar-refractivity contribution in [1.82, 2.24) is 9.80 Å². The number of rotatable bonds is 6. The number of fused-ring (bicyclic) bond motifs is 2. The molecule has 0 aliphatic carbocycles. The average molecular weight is 728 g/mol. The number of halogens is 2. The molecule has 7 rings (SSSR count). The third kappa shape index (κ3) is 8.03. The fraction of sp³-hybridized carbons (Fsp3) is 0.200. The van der Waals surface area contributed by atoms with Crippen molar-refractivity contribution in [1.29, 1.82) is 0 Å². The topological polar surface area (TPSA) is 183 Å². The van der Waals surface area contributed by atoms with Crippen LogP contribution in [-0.4, -0.2) is 80.8 Å². The molecule has 4 aromatic carbocycles. The summed E-state index contributed by atoms with van der Waals surface area (Å²) in [7, 11) is 0. The zero-order valence-electron chi connectivity index (χ0n) is 26.2. The molecule has 1 aromatic heterocycles. The predicted molar refractivity (Wildman–Crippen MR) is 185 cm³/mol. The monoisotopic (exact) mass is 726 g/mol. The van der Waals surface area contributed by atoms with Gasteiger partial charge in [-0.15, -0.1) is 12.4 Å². The molecular formula is C35H32Cl2N2O11. The van der Waals surface area contributed by atoms with Gasteiger partial charge in [0.25, 0.3) is 5.91 Å². The quantitative estimate of drug-likeness (QED) is 0.144. The van der Waals surface area contributed by atoms with Crippen LogP contribution in [0.1, 0.15) is 5.56 Å². The third-order valence-corrected chi connectivity index (χ3v) is 8.17. The van der Waals surface area contributed by atoms with Gasteiger partial charge in [0.05, 0.1) is 0 Å². The molecule has 5 N–H and O–H groups in total. The molecule has 50 heavy (non-hydrogen) atoms. The summed E-state index contributed by atoms with van der Waals surface area (Å²) in [6.07, 6.45) is 0. The number of carbonyl (C=O) groups is 1. The maximum Gasteiger partial charge on any atom is 0.260 e. The highest BCUT2D eigenvalue weighted by molar-refractivity contribution is 6.30. The van der Waals surface area contributed by atoms with Crippen molar-refractivity contribution in [2.75, 3.05) is 39.6 Å². The van der Waals surface area contributed by atoms with Crippen LogP contribution in [0.15, 0.2) is 82.0 Å². The van der Waals surface area contributed by atoms with E-state index in [9.17, 15) is 35.1 Å². The molecule has 1 fully saturated rings. The first-order chi connectivity index (χ1) is 23.5. The van der Waals surface area contributed by atoms with Crippen LogP contribution < -0.4 is 19.6 Å². The molecule has 3 heterocycles. The molecular weight excluding hydrogens is 695 g/mol. The number of ether oxygens (including phenoxy) is 3. The van der Waals surface area contributed by atoms with E-state index in [1.807, 2.05) is 17.0 Å². The van der Waals surface area contributed by atoms with Gasteiger partial charge in [-0.3, -0.25) is 14.5 Å². The number of aromatic hydroxyl groups is 5. The highest BCUT2D eigenvalue weighted by atomic mass is 35.5. The van der Waals surface area contributed by atoms with Crippen LogP contribution in [-0.2, 0) is 11.3 Å². The predicted octanol–water partition coefficient (Wildman–Crippen LogP) is 5.20. The first-order valence-corrected chi connectivity index (χ1v) is 15.4. The van der Waals surface area contributed by atoms with Crippen molar-refractivity contribution in [2.24, 2.45) is 0 Å². The van der Waals surface area contributed by atoms with E-state index in [-0.39, 0.29) is 65.5 Å². The summed E-state index contributed by atoms with van der Waals surface area (Å²) in [4.78, 5) is 28.7. The minimum atomic E-state index is -0.888. The van der Waals surface area contributed by atoms with Crippen LogP contribution in [0.5, 0.6) is 46.0 Å². The van der Waals surface area contributed by atoms with Gasteiger partial charge < -0.3 is 49.1 Å². The van der Waals surface area contributed by atoms with Crippen molar-refractivity contribution >= 4 is 40.9 Å². The molecule has 0 bridgehead atoms. The molecule has 15 heteroatoms. The lowest BCUT2D eigenvalue weighted by molar-refractivity contribution is -0.135. The zero-order valence-corrected chi connectivity index (χ0v) is 27.8. The normalized spacial score (nSPS) is 13.7. The van der Waals surface area contributed by atoms with Crippen molar-refractivity contribution in [3.63, 3.8) is 0 Å².